The second-order valence-electron chi connectivity index (χ2n) is 5.63. The first kappa shape index (κ1) is 18.0. The zero-order chi connectivity index (χ0) is 16.2. The molecule has 0 spiro atoms. The van der Waals surface area contributed by atoms with Gasteiger partial charge in [0.05, 0.1) is 0 Å². The third-order valence-corrected chi connectivity index (χ3v) is 3.79. The van der Waals surface area contributed by atoms with Gasteiger partial charge in [-0.2, -0.15) is 5.26 Å². The number of unbranched alkanes of at least 4 members (excludes halogenated alkanes) is 2. The quantitative estimate of drug-likeness (QED) is 0.344. The zero-order valence-corrected chi connectivity index (χ0v) is 12.9. The average molecular weight is 307 g/mol. The Labute approximate surface area is 131 Å². The molecule has 1 amide bonds. The van der Waals surface area contributed by atoms with Crippen molar-refractivity contribution in [2.24, 2.45) is 0 Å². The van der Waals surface area contributed by atoms with E-state index in [1.165, 1.54) is 25.5 Å². The molecule has 0 aliphatic heterocycles. The van der Waals surface area contributed by atoms with Gasteiger partial charge in [-0.1, -0.05) is 25.7 Å². The summed E-state index contributed by atoms with van der Waals surface area (Å²) in [6.07, 6.45) is 9.56. The molecule has 0 aromatic carbocycles. The minimum Gasteiger partial charge on any atom is -0.481 e. The summed E-state index contributed by atoms with van der Waals surface area (Å²) in [6, 6.07) is 2.28. The van der Waals surface area contributed by atoms with Crippen LogP contribution < -0.4 is 10.6 Å². The first-order chi connectivity index (χ1) is 10.6. The van der Waals surface area contributed by atoms with E-state index in [1.54, 1.807) is 0 Å². The van der Waals surface area contributed by atoms with Crippen LogP contribution in [0.25, 0.3) is 0 Å². The minimum atomic E-state index is -0.799. The number of nitrogens with zero attached hydrogens (tertiary/aromatic N) is 1. The van der Waals surface area contributed by atoms with Crippen LogP contribution in [-0.4, -0.2) is 29.6 Å². The van der Waals surface area contributed by atoms with Gasteiger partial charge in [-0.3, -0.25) is 9.59 Å². The lowest BCUT2D eigenvalue weighted by molar-refractivity contribution is -0.137. The van der Waals surface area contributed by atoms with E-state index in [4.69, 9.17) is 10.4 Å². The maximum absolute atomic E-state index is 11.9. The highest BCUT2D eigenvalue weighted by Gasteiger charge is 2.13. The number of carbonyl (C=O) groups is 2. The number of carbonyl (C=O) groups excluding carboxylic acids is 1. The Hall–Kier alpha value is -2.03. The lowest BCUT2D eigenvalue weighted by Gasteiger charge is -2.21. The van der Waals surface area contributed by atoms with Gasteiger partial charge in [0.25, 0.3) is 5.91 Å². The van der Waals surface area contributed by atoms with Crippen LogP contribution in [0.3, 0.4) is 0 Å². The van der Waals surface area contributed by atoms with Gasteiger partial charge in [-0.05, 0) is 25.7 Å². The van der Waals surface area contributed by atoms with Gasteiger partial charge in [-0.15, -0.1) is 0 Å². The Balaban J connectivity index is 2.22. The molecule has 0 radical (unpaired) electrons. The first-order valence-corrected chi connectivity index (χ1v) is 8.00. The average Bonchev–Trinajstić information content (AvgIpc) is 2.52. The zero-order valence-electron chi connectivity index (χ0n) is 12.9. The molecule has 0 atom stereocenters. The van der Waals surface area contributed by atoms with Crippen molar-refractivity contribution in [3.63, 3.8) is 0 Å². The molecule has 0 bridgehead atoms. The number of hydrogen-bond donors (Lipinski definition) is 3. The minimum absolute atomic E-state index is 0.0936. The highest BCUT2D eigenvalue weighted by atomic mass is 16.4. The summed E-state index contributed by atoms with van der Waals surface area (Å²) in [6.45, 7) is 0.459. The smallest absolute Gasteiger partial charge is 0.303 e. The lowest BCUT2D eigenvalue weighted by atomic mass is 9.96. The van der Waals surface area contributed by atoms with Crippen molar-refractivity contribution in [2.45, 2.75) is 63.8 Å². The number of nitrogens with one attached hydrogen (secondary N) is 2. The van der Waals surface area contributed by atoms with E-state index >= 15 is 0 Å². The molecule has 6 nitrogen and oxygen atoms in total. The number of aliphatic carboxylic acids is 1. The Kier molecular flexibility index (Phi) is 8.73. The molecule has 0 aromatic heterocycles. The van der Waals surface area contributed by atoms with E-state index in [0.717, 1.165) is 19.3 Å². The van der Waals surface area contributed by atoms with E-state index < -0.39 is 5.97 Å². The first-order valence-electron chi connectivity index (χ1n) is 8.00. The summed E-state index contributed by atoms with van der Waals surface area (Å²) in [4.78, 5) is 22.2. The number of hydrogen-bond acceptors (Lipinski definition) is 4. The molecule has 1 saturated carbocycles. The molecule has 3 N–H and O–H groups in total. The molecular weight excluding hydrogens is 282 g/mol. The number of rotatable bonds is 9. The normalized spacial score (nSPS) is 15.9. The van der Waals surface area contributed by atoms with E-state index in [1.807, 2.05) is 6.07 Å². The molecule has 122 valence electrons. The number of amides is 1. The Morgan fingerprint density at radius 3 is 2.55 bits per heavy atom. The second-order valence-corrected chi connectivity index (χ2v) is 5.63. The molecule has 1 rings (SSSR count). The number of carboxylic acids is 1. The fraction of sp³-hybridized carbons (Fsp3) is 0.688. The van der Waals surface area contributed by atoms with E-state index in [-0.39, 0.29) is 17.9 Å². The van der Waals surface area contributed by atoms with Gasteiger partial charge in [0.1, 0.15) is 11.6 Å². The maximum atomic E-state index is 11.9. The van der Waals surface area contributed by atoms with Crippen LogP contribution in [0.5, 0.6) is 0 Å². The molecule has 0 unspecified atom stereocenters. The summed E-state index contributed by atoms with van der Waals surface area (Å²) in [5.41, 5.74) is 0.0936. The Bertz CT molecular complexity index is 434. The van der Waals surface area contributed by atoms with Crippen LogP contribution in [-0.2, 0) is 9.59 Å². The van der Waals surface area contributed by atoms with Crippen molar-refractivity contribution < 1.29 is 14.7 Å². The highest BCUT2D eigenvalue weighted by Crippen LogP contribution is 2.17. The Morgan fingerprint density at radius 2 is 1.91 bits per heavy atom. The monoisotopic (exact) mass is 307 g/mol. The predicted octanol–water partition coefficient (Wildman–Crippen LogP) is 2.08. The third kappa shape index (κ3) is 7.67. The molecule has 1 aliphatic carbocycles. The summed E-state index contributed by atoms with van der Waals surface area (Å²) in [5.74, 6) is -1.17. The topological polar surface area (TPSA) is 102 Å². The van der Waals surface area contributed by atoms with Crippen molar-refractivity contribution >= 4 is 11.9 Å². The van der Waals surface area contributed by atoms with Crippen molar-refractivity contribution in [3.05, 3.63) is 11.8 Å². The van der Waals surface area contributed by atoms with Crippen LogP contribution in [0.15, 0.2) is 11.8 Å². The van der Waals surface area contributed by atoms with E-state index in [9.17, 15) is 9.59 Å². The molecule has 0 saturated heterocycles. The standard InChI is InChI=1S/C16H25N3O3/c17-11-13(12-19-14-7-3-1-4-8-14)16(22)18-10-6-2-5-9-15(20)21/h12,14,19H,1-10H2,(H,18,22)(H,20,21)/b13-12-. The molecule has 22 heavy (non-hydrogen) atoms. The molecule has 0 aromatic rings. The van der Waals surface area contributed by atoms with Crippen LogP contribution in [0.1, 0.15) is 57.8 Å². The van der Waals surface area contributed by atoms with Crippen LogP contribution in [0.4, 0.5) is 0 Å². The van der Waals surface area contributed by atoms with Gasteiger partial charge in [0.2, 0.25) is 0 Å². The van der Waals surface area contributed by atoms with Crippen LogP contribution in [0.2, 0.25) is 0 Å². The molecule has 1 aliphatic rings. The summed E-state index contributed by atoms with van der Waals surface area (Å²) >= 11 is 0. The van der Waals surface area contributed by atoms with Crippen molar-refractivity contribution in [3.8, 4) is 6.07 Å². The van der Waals surface area contributed by atoms with Gasteiger partial charge < -0.3 is 15.7 Å². The van der Waals surface area contributed by atoms with E-state index in [0.29, 0.717) is 25.4 Å². The highest BCUT2D eigenvalue weighted by molar-refractivity contribution is 5.97. The van der Waals surface area contributed by atoms with Gasteiger partial charge in [0, 0.05) is 25.2 Å². The largest absolute Gasteiger partial charge is 0.481 e. The molecule has 1 fully saturated rings. The Morgan fingerprint density at radius 1 is 1.18 bits per heavy atom. The van der Waals surface area contributed by atoms with Crippen molar-refractivity contribution in [1.82, 2.24) is 10.6 Å². The van der Waals surface area contributed by atoms with Crippen LogP contribution >= 0.6 is 0 Å². The molecule has 6 heteroatoms. The van der Waals surface area contributed by atoms with Gasteiger partial charge in [0.15, 0.2) is 0 Å². The van der Waals surface area contributed by atoms with E-state index in [2.05, 4.69) is 10.6 Å². The van der Waals surface area contributed by atoms with Gasteiger partial charge >= 0.3 is 5.97 Å². The molecular formula is C16H25N3O3. The van der Waals surface area contributed by atoms with Crippen molar-refractivity contribution in [2.75, 3.05) is 6.54 Å². The fourth-order valence-electron chi connectivity index (χ4n) is 2.49. The maximum Gasteiger partial charge on any atom is 0.303 e. The number of carboxylic acid groups (broad SMARTS) is 1. The predicted molar refractivity (Wildman–Crippen MR) is 82.8 cm³/mol. The summed E-state index contributed by atoms with van der Waals surface area (Å²) in [5, 5.41) is 23.4. The number of nitriles is 1. The van der Waals surface area contributed by atoms with Crippen molar-refractivity contribution in [1.29, 1.82) is 5.26 Å². The lowest BCUT2D eigenvalue weighted by Crippen LogP contribution is -2.30. The summed E-state index contributed by atoms with van der Waals surface area (Å²) in [7, 11) is 0. The second kappa shape index (κ2) is 10.7. The SMILES string of the molecule is N#C/C(=C/NC1CCCCC1)C(=O)NCCCCCC(=O)O. The molecule has 0 heterocycles. The fourth-order valence-corrected chi connectivity index (χ4v) is 2.49. The van der Waals surface area contributed by atoms with Gasteiger partial charge in [-0.25, -0.2) is 0 Å². The third-order valence-electron chi connectivity index (χ3n) is 3.79. The van der Waals surface area contributed by atoms with Crippen LogP contribution in [0, 0.1) is 11.3 Å². The summed E-state index contributed by atoms with van der Waals surface area (Å²) < 4.78 is 0.